The van der Waals surface area contributed by atoms with Crippen LogP contribution in [0.5, 0.6) is 0 Å². The molecule has 0 radical (unpaired) electrons. The van der Waals surface area contributed by atoms with Gasteiger partial charge in [-0.15, -0.1) is 0 Å². The summed E-state index contributed by atoms with van der Waals surface area (Å²) in [5.41, 5.74) is 2.19. The van der Waals surface area contributed by atoms with Crippen LogP contribution in [0, 0.1) is 5.82 Å². The van der Waals surface area contributed by atoms with Crippen molar-refractivity contribution in [3.05, 3.63) is 76.9 Å². The molecule has 236 valence electrons. The average Bonchev–Trinajstić information content (AvgIpc) is 3.61. The number of carbonyl (C=O) groups is 4. The number of hydrogen-bond acceptors (Lipinski definition) is 5. The molecular weight excluding hydrogens is 596 g/mol. The third-order valence-corrected chi connectivity index (χ3v) is 8.84. The van der Waals surface area contributed by atoms with Crippen LogP contribution in [0.15, 0.2) is 48.8 Å². The second kappa shape index (κ2) is 11.0. The number of aryl methyl sites for hydroxylation is 2. The molecule has 2 aliphatic heterocycles. The first-order valence-electron chi connectivity index (χ1n) is 14.4. The van der Waals surface area contributed by atoms with Crippen molar-refractivity contribution < 1.29 is 36.7 Å². The van der Waals surface area contributed by atoms with Crippen LogP contribution in [0.25, 0.3) is 11.1 Å². The molecule has 1 spiro atoms. The summed E-state index contributed by atoms with van der Waals surface area (Å²) in [4.78, 5) is 55.1. The van der Waals surface area contributed by atoms with Gasteiger partial charge in [-0.05, 0) is 65.6 Å². The standard InChI is InChI=1S/C31H30F4N6O4/c1-38(2)26(42)16-39-14-22(13-36-39)18-4-7-24-20(11-18)9-10-30(24)28(44)41(29(45)37-30)17-27(43)40-15-21-3-6-23(32)12-19(21)5-8-25(40)31(33,34)35/h3-4,6-7,11-14,25H,5,8-10,15-17H2,1-2H3,(H,37,45)/t25-,30?/m0/s1. The van der Waals surface area contributed by atoms with Gasteiger partial charge in [-0.3, -0.25) is 24.0 Å². The molecule has 0 saturated carbocycles. The summed E-state index contributed by atoms with van der Waals surface area (Å²) in [7, 11) is 3.31. The van der Waals surface area contributed by atoms with Crippen LogP contribution < -0.4 is 5.32 Å². The Hall–Kier alpha value is -4.75. The number of hydrogen-bond donors (Lipinski definition) is 1. The van der Waals surface area contributed by atoms with Crippen molar-refractivity contribution in [2.45, 2.75) is 56.5 Å². The molecule has 1 aromatic heterocycles. The van der Waals surface area contributed by atoms with E-state index in [1.54, 1.807) is 38.6 Å². The maximum absolute atomic E-state index is 14.1. The van der Waals surface area contributed by atoms with Gasteiger partial charge in [0.1, 0.15) is 30.5 Å². The number of rotatable bonds is 5. The lowest BCUT2D eigenvalue weighted by Crippen LogP contribution is -2.52. The Morgan fingerprint density at radius 2 is 1.80 bits per heavy atom. The van der Waals surface area contributed by atoms with Gasteiger partial charge >= 0.3 is 12.2 Å². The molecule has 3 aromatic rings. The zero-order valence-electron chi connectivity index (χ0n) is 24.5. The number of benzene rings is 2. The Morgan fingerprint density at radius 3 is 2.53 bits per heavy atom. The Balaban J connectivity index is 1.22. The van der Waals surface area contributed by atoms with Gasteiger partial charge in [-0.1, -0.05) is 24.3 Å². The van der Waals surface area contributed by atoms with Crippen LogP contribution >= 0.6 is 0 Å². The summed E-state index contributed by atoms with van der Waals surface area (Å²) in [5, 5.41) is 6.96. The number of aromatic nitrogens is 2. The van der Waals surface area contributed by atoms with Gasteiger partial charge in [-0.2, -0.15) is 18.3 Å². The van der Waals surface area contributed by atoms with Crippen molar-refractivity contribution in [2.24, 2.45) is 0 Å². The Morgan fingerprint density at radius 1 is 1.02 bits per heavy atom. The lowest BCUT2D eigenvalue weighted by Gasteiger charge is -2.32. The van der Waals surface area contributed by atoms with Gasteiger partial charge in [0, 0.05) is 32.4 Å². The van der Waals surface area contributed by atoms with E-state index in [0.717, 1.165) is 22.8 Å². The summed E-state index contributed by atoms with van der Waals surface area (Å²) in [5.74, 6) is -2.45. The number of amides is 5. The summed E-state index contributed by atoms with van der Waals surface area (Å²) in [6, 6.07) is 5.97. The van der Waals surface area contributed by atoms with Gasteiger partial charge in [-0.25, -0.2) is 9.18 Å². The molecule has 3 heterocycles. The number of imide groups is 1. The first-order valence-corrected chi connectivity index (χ1v) is 14.4. The predicted molar refractivity (Wildman–Crippen MR) is 152 cm³/mol. The number of likely N-dealkylation sites (N-methyl/N-ethyl adjacent to an activating group) is 1. The predicted octanol–water partition coefficient (Wildman–Crippen LogP) is 3.38. The third kappa shape index (κ3) is 5.42. The van der Waals surface area contributed by atoms with Crippen LogP contribution in [0.2, 0.25) is 0 Å². The minimum Gasteiger partial charge on any atom is -0.347 e. The average molecular weight is 627 g/mol. The first kappa shape index (κ1) is 30.3. The molecule has 1 aliphatic carbocycles. The molecule has 1 fully saturated rings. The summed E-state index contributed by atoms with van der Waals surface area (Å²) < 4.78 is 57.6. The van der Waals surface area contributed by atoms with E-state index >= 15 is 0 Å². The smallest absolute Gasteiger partial charge is 0.347 e. The quantitative estimate of drug-likeness (QED) is 0.345. The molecule has 14 heteroatoms. The number of fused-ring (bicyclic) bond motifs is 3. The van der Waals surface area contributed by atoms with Crippen molar-refractivity contribution in [2.75, 3.05) is 20.6 Å². The van der Waals surface area contributed by atoms with E-state index in [1.165, 1.54) is 21.7 Å². The highest BCUT2D eigenvalue weighted by Gasteiger charge is 2.56. The fourth-order valence-electron chi connectivity index (χ4n) is 6.41. The summed E-state index contributed by atoms with van der Waals surface area (Å²) in [6.07, 6.45) is -1.33. The van der Waals surface area contributed by atoms with E-state index in [1.807, 2.05) is 6.07 Å². The maximum atomic E-state index is 14.1. The number of nitrogens with one attached hydrogen (secondary N) is 1. The fraction of sp³-hybridized carbons (Fsp3) is 0.387. The van der Waals surface area contributed by atoms with E-state index in [-0.39, 0.29) is 25.3 Å². The molecule has 2 atom stereocenters. The van der Waals surface area contributed by atoms with Crippen molar-refractivity contribution in [3.63, 3.8) is 0 Å². The molecule has 3 aliphatic rings. The highest BCUT2D eigenvalue weighted by molar-refractivity contribution is 6.10. The fourth-order valence-corrected chi connectivity index (χ4v) is 6.41. The second-order valence-corrected chi connectivity index (χ2v) is 11.8. The van der Waals surface area contributed by atoms with Gasteiger partial charge in [0.2, 0.25) is 11.8 Å². The molecule has 0 bridgehead atoms. The minimum absolute atomic E-state index is 0.0718. The van der Waals surface area contributed by atoms with Crippen LogP contribution in [0.3, 0.4) is 0 Å². The van der Waals surface area contributed by atoms with E-state index in [2.05, 4.69) is 10.4 Å². The van der Waals surface area contributed by atoms with E-state index < -0.39 is 60.9 Å². The molecule has 1 saturated heterocycles. The molecule has 5 amide bonds. The largest absolute Gasteiger partial charge is 0.408 e. The molecule has 6 rings (SSSR count). The second-order valence-electron chi connectivity index (χ2n) is 11.8. The summed E-state index contributed by atoms with van der Waals surface area (Å²) in [6.45, 7) is -1.23. The molecule has 45 heavy (non-hydrogen) atoms. The van der Waals surface area contributed by atoms with Crippen molar-refractivity contribution in [3.8, 4) is 11.1 Å². The Labute approximate surface area is 255 Å². The topological polar surface area (TPSA) is 108 Å². The van der Waals surface area contributed by atoms with Crippen molar-refractivity contribution in [1.82, 2.24) is 29.8 Å². The lowest BCUT2D eigenvalue weighted by molar-refractivity contribution is -0.192. The zero-order valence-corrected chi connectivity index (χ0v) is 24.5. The SMILES string of the molecule is CN(C)C(=O)Cn1cc(-c2ccc3c(c2)CCC32NC(=O)N(CC(=O)N3Cc4ccc(F)cc4CC[C@H]3C(F)(F)F)C2=O)cn1. The van der Waals surface area contributed by atoms with Crippen molar-refractivity contribution in [1.29, 1.82) is 0 Å². The van der Waals surface area contributed by atoms with Gasteiger partial charge in [0.05, 0.1) is 6.20 Å². The third-order valence-electron chi connectivity index (χ3n) is 8.84. The number of carbonyl (C=O) groups excluding carboxylic acids is 4. The Kier molecular flexibility index (Phi) is 7.40. The monoisotopic (exact) mass is 626 g/mol. The van der Waals surface area contributed by atoms with Crippen LogP contribution in [0.4, 0.5) is 22.4 Å². The maximum Gasteiger partial charge on any atom is 0.408 e. The Bertz CT molecular complexity index is 1720. The lowest BCUT2D eigenvalue weighted by atomic mass is 9.90. The van der Waals surface area contributed by atoms with E-state index in [0.29, 0.717) is 32.9 Å². The number of urea groups is 1. The van der Waals surface area contributed by atoms with Crippen LogP contribution in [-0.2, 0) is 45.9 Å². The van der Waals surface area contributed by atoms with Crippen molar-refractivity contribution >= 4 is 23.8 Å². The highest BCUT2D eigenvalue weighted by Crippen LogP contribution is 2.43. The molecule has 2 aromatic carbocycles. The first-order chi connectivity index (χ1) is 21.3. The summed E-state index contributed by atoms with van der Waals surface area (Å²) >= 11 is 0. The molecule has 10 nitrogen and oxygen atoms in total. The van der Waals surface area contributed by atoms with E-state index in [9.17, 15) is 36.7 Å². The normalized spacial score (nSPS) is 21.1. The van der Waals surface area contributed by atoms with Crippen LogP contribution in [-0.4, -0.2) is 81.1 Å². The molecular formula is C31H30F4N6O4. The molecule has 1 unspecified atom stereocenters. The minimum atomic E-state index is -4.77. The van der Waals surface area contributed by atoms with Gasteiger partial charge in [0.15, 0.2) is 0 Å². The van der Waals surface area contributed by atoms with E-state index in [4.69, 9.17) is 0 Å². The van der Waals surface area contributed by atoms with Gasteiger partial charge < -0.3 is 15.1 Å². The molecule has 1 N–H and O–H groups in total. The number of alkyl halides is 3. The zero-order chi connectivity index (χ0) is 32.3. The number of halogens is 4. The number of nitrogens with zero attached hydrogens (tertiary/aromatic N) is 5. The van der Waals surface area contributed by atoms with Crippen LogP contribution in [0.1, 0.15) is 35.1 Å². The highest BCUT2D eigenvalue weighted by atomic mass is 19.4. The van der Waals surface area contributed by atoms with Gasteiger partial charge in [0.25, 0.3) is 5.91 Å².